The maximum absolute atomic E-state index is 12.1. The summed E-state index contributed by atoms with van der Waals surface area (Å²) in [5, 5.41) is 25.4. The van der Waals surface area contributed by atoms with E-state index in [1.54, 1.807) is 0 Å². The van der Waals surface area contributed by atoms with Crippen molar-refractivity contribution in [3.8, 4) is 0 Å². The van der Waals surface area contributed by atoms with Gasteiger partial charge in [0.2, 0.25) is 10.0 Å². The topological polar surface area (TPSA) is 116 Å². The van der Waals surface area contributed by atoms with Gasteiger partial charge < -0.3 is 15.5 Å². The summed E-state index contributed by atoms with van der Waals surface area (Å²) in [6, 6.07) is -0.671. The van der Waals surface area contributed by atoms with Gasteiger partial charge in [-0.2, -0.15) is 0 Å². The summed E-state index contributed by atoms with van der Waals surface area (Å²) in [5.41, 5.74) is 0.157. The number of aliphatic hydroxyl groups excluding tert-OH is 2. The standard InChI is InChI=1S/C28H50N2O5S/c1-8-19-21-15-18(31)9-11-26(21,4)28(6)14-13-27(5)20(22(28)23(19)32)10-12-25(27,3)17(2)16-29-24(33)30-36(7,34)35/h17-23,31-32H,8-16H2,1-7H3,(H2,29,30,33)/t17-,18-,19-,20+,21?,22?,23-,25-,26+,27?,28+/m1/s1. The van der Waals surface area contributed by atoms with E-state index in [1.807, 2.05) is 4.72 Å². The molecular weight excluding hydrogens is 476 g/mol. The van der Waals surface area contributed by atoms with Crippen LogP contribution in [0.1, 0.15) is 92.9 Å². The zero-order chi connectivity index (χ0) is 26.9. The number of carbonyl (C=O) groups is 1. The first kappa shape index (κ1) is 28.2. The van der Waals surface area contributed by atoms with Crippen molar-refractivity contribution in [3.05, 3.63) is 0 Å². The number of hydrogen-bond donors (Lipinski definition) is 4. The monoisotopic (exact) mass is 526 g/mol. The number of nitrogens with one attached hydrogen (secondary N) is 2. The molecule has 4 saturated carbocycles. The minimum absolute atomic E-state index is 0.0285. The maximum atomic E-state index is 12.1. The molecule has 4 aliphatic carbocycles. The van der Waals surface area contributed by atoms with Crippen LogP contribution in [-0.2, 0) is 10.0 Å². The Morgan fingerprint density at radius 2 is 1.61 bits per heavy atom. The van der Waals surface area contributed by atoms with Crippen LogP contribution < -0.4 is 10.0 Å². The van der Waals surface area contributed by atoms with Crippen LogP contribution in [0.5, 0.6) is 0 Å². The average Bonchev–Trinajstić information content (AvgIpc) is 3.05. The Hall–Kier alpha value is -0.860. The molecule has 4 aliphatic rings. The van der Waals surface area contributed by atoms with Crippen molar-refractivity contribution >= 4 is 16.1 Å². The molecule has 0 saturated heterocycles. The van der Waals surface area contributed by atoms with Gasteiger partial charge in [0.25, 0.3) is 0 Å². The summed E-state index contributed by atoms with van der Waals surface area (Å²) in [5.74, 6) is 1.38. The Kier molecular flexibility index (Phi) is 7.13. The fourth-order valence-electron chi connectivity index (χ4n) is 10.1. The number of aliphatic hydroxyl groups is 2. The molecule has 4 rings (SSSR count). The third-order valence-electron chi connectivity index (χ3n) is 12.8. The van der Waals surface area contributed by atoms with E-state index in [0.717, 1.165) is 57.6 Å². The zero-order valence-corrected chi connectivity index (χ0v) is 24.2. The molecule has 0 aliphatic heterocycles. The van der Waals surface area contributed by atoms with E-state index in [4.69, 9.17) is 0 Å². The van der Waals surface area contributed by atoms with Gasteiger partial charge in [-0.05, 0) is 96.2 Å². The lowest BCUT2D eigenvalue weighted by Gasteiger charge is -2.70. The fourth-order valence-corrected chi connectivity index (χ4v) is 10.5. The lowest BCUT2D eigenvalue weighted by atomic mass is 9.35. The molecular formula is C28H50N2O5S. The van der Waals surface area contributed by atoms with E-state index in [1.165, 1.54) is 0 Å². The minimum atomic E-state index is -3.60. The number of sulfonamides is 1. The lowest BCUT2D eigenvalue weighted by Crippen LogP contribution is -2.67. The van der Waals surface area contributed by atoms with E-state index < -0.39 is 16.1 Å². The first-order valence-corrected chi connectivity index (χ1v) is 16.0. The fraction of sp³-hybridized carbons (Fsp3) is 0.964. The minimum Gasteiger partial charge on any atom is -0.393 e. The molecule has 11 atom stereocenters. The molecule has 0 radical (unpaired) electrons. The quantitative estimate of drug-likeness (QED) is 0.427. The number of urea groups is 1. The molecule has 8 heteroatoms. The SMILES string of the molecule is CC[C@@H]1C2C[C@H](O)CC[C@]2(C)[C@@]2(C)CCC3(C)[C@@H](CC[C@]3(C)[C@H](C)CNC(=O)NS(C)(=O)=O)C2[C@@H]1O. The molecule has 36 heavy (non-hydrogen) atoms. The summed E-state index contributed by atoms with van der Waals surface area (Å²) in [6.45, 7) is 14.5. The second-order valence-corrected chi connectivity index (χ2v) is 15.7. The first-order valence-electron chi connectivity index (χ1n) is 14.2. The molecule has 7 nitrogen and oxygen atoms in total. The number of hydrogen-bond acceptors (Lipinski definition) is 5. The van der Waals surface area contributed by atoms with Gasteiger partial charge in [0, 0.05) is 6.54 Å². The first-order chi connectivity index (χ1) is 16.5. The predicted octanol–water partition coefficient (Wildman–Crippen LogP) is 4.29. The van der Waals surface area contributed by atoms with Crippen molar-refractivity contribution in [2.24, 2.45) is 51.2 Å². The molecule has 208 valence electrons. The van der Waals surface area contributed by atoms with Gasteiger partial charge in [0.05, 0.1) is 18.5 Å². The third kappa shape index (κ3) is 4.03. The molecule has 3 unspecified atom stereocenters. The summed E-state index contributed by atoms with van der Waals surface area (Å²) in [4.78, 5) is 12.1. The highest BCUT2D eigenvalue weighted by Crippen LogP contribution is 2.76. The second kappa shape index (κ2) is 9.11. The smallest absolute Gasteiger partial charge is 0.328 e. The number of fused-ring (bicyclic) bond motifs is 5. The van der Waals surface area contributed by atoms with Crippen LogP contribution in [-0.4, -0.2) is 49.7 Å². The molecule has 0 spiro atoms. The summed E-state index contributed by atoms with van der Waals surface area (Å²) in [6.07, 6.45) is 8.31. The van der Waals surface area contributed by atoms with Crippen LogP contribution in [0, 0.1) is 51.2 Å². The van der Waals surface area contributed by atoms with Gasteiger partial charge >= 0.3 is 6.03 Å². The second-order valence-electron chi connectivity index (χ2n) is 13.9. The Morgan fingerprint density at radius 3 is 2.22 bits per heavy atom. The summed E-state index contributed by atoms with van der Waals surface area (Å²) >= 11 is 0. The molecule has 0 aromatic carbocycles. The average molecular weight is 527 g/mol. The van der Waals surface area contributed by atoms with Crippen molar-refractivity contribution in [1.82, 2.24) is 10.0 Å². The highest BCUT2D eigenvalue weighted by atomic mass is 32.2. The Labute approximate surface area is 218 Å². The van der Waals surface area contributed by atoms with E-state index in [2.05, 4.69) is 46.9 Å². The predicted molar refractivity (Wildman–Crippen MR) is 142 cm³/mol. The van der Waals surface area contributed by atoms with Crippen LogP contribution in [0.4, 0.5) is 4.79 Å². The van der Waals surface area contributed by atoms with E-state index in [0.29, 0.717) is 18.4 Å². The van der Waals surface area contributed by atoms with E-state index in [9.17, 15) is 23.4 Å². The Balaban J connectivity index is 1.62. The zero-order valence-electron chi connectivity index (χ0n) is 23.4. The van der Waals surface area contributed by atoms with Gasteiger partial charge in [0.15, 0.2) is 0 Å². The van der Waals surface area contributed by atoms with Gasteiger partial charge in [-0.1, -0.05) is 48.0 Å². The van der Waals surface area contributed by atoms with Crippen LogP contribution in [0.15, 0.2) is 0 Å². The lowest BCUT2D eigenvalue weighted by molar-refractivity contribution is -0.253. The van der Waals surface area contributed by atoms with Gasteiger partial charge in [-0.15, -0.1) is 0 Å². The molecule has 0 heterocycles. The molecule has 0 aromatic rings. The van der Waals surface area contributed by atoms with Gasteiger partial charge in [-0.3, -0.25) is 0 Å². The van der Waals surface area contributed by atoms with Crippen molar-refractivity contribution in [3.63, 3.8) is 0 Å². The van der Waals surface area contributed by atoms with Crippen molar-refractivity contribution in [1.29, 1.82) is 0 Å². The highest BCUT2D eigenvalue weighted by molar-refractivity contribution is 7.89. The third-order valence-corrected chi connectivity index (χ3v) is 13.4. The van der Waals surface area contributed by atoms with Gasteiger partial charge in [0.1, 0.15) is 0 Å². The molecule has 4 fully saturated rings. The molecule has 2 amide bonds. The van der Waals surface area contributed by atoms with E-state index >= 15 is 0 Å². The van der Waals surface area contributed by atoms with Crippen LogP contribution >= 0.6 is 0 Å². The summed E-state index contributed by atoms with van der Waals surface area (Å²) < 4.78 is 24.9. The number of rotatable bonds is 5. The van der Waals surface area contributed by atoms with Crippen LogP contribution in [0.3, 0.4) is 0 Å². The Bertz CT molecular complexity index is 973. The van der Waals surface area contributed by atoms with Crippen molar-refractivity contribution in [2.75, 3.05) is 12.8 Å². The van der Waals surface area contributed by atoms with Crippen molar-refractivity contribution < 1.29 is 23.4 Å². The van der Waals surface area contributed by atoms with Gasteiger partial charge in [-0.25, -0.2) is 17.9 Å². The van der Waals surface area contributed by atoms with Crippen molar-refractivity contribution in [2.45, 2.75) is 105 Å². The number of carbonyl (C=O) groups excluding carboxylic acids is 1. The van der Waals surface area contributed by atoms with Crippen LogP contribution in [0.2, 0.25) is 0 Å². The highest BCUT2D eigenvalue weighted by Gasteiger charge is 2.71. The van der Waals surface area contributed by atoms with E-state index in [-0.39, 0.29) is 51.6 Å². The molecule has 4 N–H and O–H groups in total. The molecule has 0 aromatic heterocycles. The van der Waals surface area contributed by atoms with Crippen LogP contribution in [0.25, 0.3) is 0 Å². The molecule has 0 bridgehead atoms. The maximum Gasteiger partial charge on any atom is 0.328 e. The number of amides is 2. The Morgan fingerprint density at radius 1 is 0.972 bits per heavy atom. The summed E-state index contributed by atoms with van der Waals surface area (Å²) in [7, 11) is -3.60. The largest absolute Gasteiger partial charge is 0.393 e. The normalized spacial score (nSPS) is 49.4.